The summed E-state index contributed by atoms with van der Waals surface area (Å²) in [6.07, 6.45) is 3.91. The topological polar surface area (TPSA) is 249 Å². The van der Waals surface area contributed by atoms with Crippen LogP contribution in [0.15, 0.2) is 78.5 Å². The van der Waals surface area contributed by atoms with Crippen LogP contribution >= 0.6 is 0 Å². The van der Waals surface area contributed by atoms with E-state index in [1.165, 1.54) is 29.2 Å². The molecule has 0 aromatic heterocycles. The molecule has 0 bridgehead atoms. The first-order valence-electron chi connectivity index (χ1n) is 21.6. The number of imide groups is 1. The van der Waals surface area contributed by atoms with Crippen LogP contribution in [0.1, 0.15) is 84.6 Å². The molecular weight excluding hydrogens is 847 g/mol. The number of benzene rings is 3. The Morgan fingerprint density at radius 1 is 1.00 bits per heavy atom. The summed E-state index contributed by atoms with van der Waals surface area (Å²) in [5.41, 5.74) is 4.42. The summed E-state index contributed by atoms with van der Waals surface area (Å²) < 4.78 is 5.81. The quantitative estimate of drug-likeness (QED) is 0.0427. The molecule has 3 aliphatic heterocycles. The summed E-state index contributed by atoms with van der Waals surface area (Å²) in [5, 5.41) is 46.5. The van der Waals surface area contributed by atoms with E-state index in [9.17, 15) is 39.0 Å². The van der Waals surface area contributed by atoms with Crippen molar-refractivity contribution in [1.29, 1.82) is 10.8 Å². The van der Waals surface area contributed by atoms with Gasteiger partial charge in [0.05, 0.1) is 5.56 Å². The zero-order valence-electron chi connectivity index (χ0n) is 37.8. The third-order valence-electron chi connectivity index (χ3n) is 11.7. The Bertz CT molecular complexity index is 2590. The van der Waals surface area contributed by atoms with Gasteiger partial charge in [0, 0.05) is 85.5 Å². The maximum absolute atomic E-state index is 13.7. The number of ether oxygens (including phenoxy) is 1. The van der Waals surface area contributed by atoms with Crippen molar-refractivity contribution in [2.45, 2.75) is 72.9 Å². The third-order valence-corrected chi connectivity index (χ3v) is 11.7. The normalized spacial score (nSPS) is 16.4. The number of nitrogens with one attached hydrogen (secondary N) is 5. The molecule has 6 amide bonds. The minimum Gasteiger partial charge on any atom is -0.508 e. The second kappa shape index (κ2) is 20.0. The highest BCUT2D eigenvalue weighted by atomic mass is 16.6. The minimum absolute atomic E-state index is 0.0284. The van der Waals surface area contributed by atoms with E-state index in [4.69, 9.17) is 15.6 Å². The van der Waals surface area contributed by atoms with Crippen LogP contribution in [-0.4, -0.2) is 111 Å². The molecule has 6 rings (SSSR count). The number of anilines is 2. The Hall–Kier alpha value is -7.76. The van der Waals surface area contributed by atoms with Crippen molar-refractivity contribution < 1.29 is 43.7 Å². The monoisotopic (exact) mass is 901 g/mol. The molecule has 0 saturated carbocycles. The highest BCUT2D eigenvalue weighted by molar-refractivity contribution is 6.40. The number of hydrogen-bond donors (Lipinski definition) is 7. The van der Waals surface area contributed by atoms with Crippen molar-refractivity contribution in [3.8, 4) is 17.2 Å². The smallest absolute Gasteiger partial charge is 0.417 e. The molecule has 7 N–H and O–H groups in total. The molecule has 2 saturated heterocycles. The largest absolute Gasteiger partial charge is 0.508 e. The van der Waals surface area contributed by atoms with Gasteiger partial charge in [-0.05, 0) is 99.2 Å². The Morgan fingerprint density at radius 2 is 1.68 bits per heavy atom. The van der Waals surface area contributed by atoms with Crippen LogP contribution < -0.4 is 25.6 Å². The molecule has 0 aliphatic carbocycles. The van der Waals surface area contributed by atoms with Gasteiger partial charge in [0.2, 0.25) is 17.7 Å². The highest BCUT2D eigenvalue weighted by Crippen LogP contribution is 2.36. The van der Waals surface area contributed by atoms with Gasteiger partial charge in [-0.2, -0.15) is 0 Å². The maximum Gasteiger partial charge on any atom is 0.417 e. The molecule has 18 heteroatoms. The van der Waals surface area contributed by atoms with Gasteiger partial charge in [-0.25, -0.2) is 4.79 Å². The molecule has 66 heavy (non-hydrogen) atoms. The number of rotatable bonds is 11. The van der Waals surface area contributed by atoms with Crippen molar-refractivity contribution >= 4 is 58.7 Å². The van der Waals surface area contributed by atoms with Crippen molar-refractivity contribution in [3.63, 3.8) is 0 Å². The van der Waals surface area contributed by atoms with Gasteiger partial charge in [0.1, 0.15) is 29.1 Å². The van der Waals surface area contributed by atoms with Crippen molar-refractivity contribution in [1.82, 2.24) is 25.3 Å². The molecule has 2 fully saturated rings. The standard InChI is InChI=1S/C48H55N9O9/c1-8-30(57(43(50)45(62)51-9-2)42(49)34-23-33(26(3)4)38(58)24-39(34)59)14-13-27(5)46(63)55-19-17-54(18-20-55)31-21-28(6)41(29(7)22-31)66-48(65)52-36-12-10-11-32-35(36)25-56(47(32)64)37-15-16-40(60)53-44(37)61/h8,10-14,21-24,26,37,49-50,58-59H,1,9,15-20,25H2,2-7H3,(H,51,62)(H,52,65)(H,53,60,61)/b27-13+,30-14+,49-42?,50-43?. The van der Waals surface area contributed by atoms with Gasteiger partial charge in [0.15, 0.2) is 5.84 Å². The van der Waals surface area contributed by atoms with Crippen LogP contribution in [0.5, 0.6) is 17.2 Å². The fourth-order valence-electron chi connectivity index (χ4n) is 8.22. The summed E-state index contributed by atoms with van der Waals surface area (Å²) in [4.78, 5) is 83.7. The van der Waals surface area contributed by atoms with Crippen molar-refractivity contribution in [2.75, 3.05) is 42.9 Å². The van der Waals surface area contributed by atoms with Crippen LogP contribution in [0.25, 0.3) is 0 Å². The van der Waals surface area contributed by atoms with Crippen molar-refractivity contribution in [3.05, 3.63) is 112 Å². The third kappa shape index (κ3) is 9.96. The minimum atomic E-state index is -0.796. The Balaban J connectivity index is 1.10. The predicted molar refractivity (Wildman–Crippen MR) is 248 cm³/mol. The summed E-state index contributed by atoms with van der Waals surface area (Å²) in [5.74, 6) is -3.72. The summed E-state index contributed by atoms with van der Waals surface area (Å²) in [6.45, 7) is 16.6. The van der Waals surface area contributed by atoms with E-state index in [0.717, 1.165) is 16.7 Å². The lowest BCUT2D eigenvalue weighted by Crippen LogP contribution is -2.52. The van der Waals surface area contributed by atoms with Gasteiger partial charge in [-0.1, -0.05) is 32.6 Å². The van der Waals surface area contributed by atoms with E-state index in [1.807, 2.05) is 39.8 Å². The Kier molecular flexibility index (Phi) is 14.4. The van der Waals surface area contributed by atoms with E-state index >= 15 is 0 Å². The maximum atomic E-state index is 13.7. The van der Waals surface area contributed by atoms with E-state index in [-0.39, 0.29) is 66.6 Å². The first kappa shape index (κ1) is 47.7. The summed E-state index contributed by atoms with van der Waals surface area (Å²) in [7, 11) is 0. The molecule has 0 spiro atoms. The summed E-state index contributed by atoms with van der Waals surface area (Å²) in [6, 6.07) is 10.5. The molecule has 1 atom stereocenters. The second-order valence-electron chi connectivity index (χ2n) is 16.6. The molecule has 3 heterocycles. The number of phenolic OH excluding ortho intramolecular Hbond substituents is 2. The van der Waals surface area contributed by atoms with E-state index in [2.05, 4.69) is 27.4 Å². The molecule has 0 radical (unpaired) electrons. The number of allylic oxidation sites excluding steroid dienone is 3. The number of amides is 6. The van der Waals surface area contributed by atoms with Gasteiger partial charge >= 0.3 is 6.09 Å². The Labute approximate surface area is 382 Å². The zero-order chi connectivity index (χ0) is 48.1. The number of aryl methyl sites for hydroxylation is 2. The molecule has 346 valence electrons. The van der Waals surface area contributed by atoms with E-state index in [0.29, 0.717) is 71.0 Å². The average molecular weight is 902 g/mol. The first-order valence-corrected chi connectivity index (χ1v) is 21.6. The number of hydrogen-bond acceptors (Lipinski definition) is 12. The number of amidine groups is 2. The number of piperazine rings is 1. The lowest BCUT2D eigenvalue weighted by atomic mass is 9.98. The second-order valence-corrected chi connectivity index (χ2v) is 16.6. The number of carbonyl (C=O) groups excluding carboxylic acids is 6. The summed E-state index contributed by atoms with van der Waals surface area (Å²) >= 11 is 0. The molecule has 1 unspecified atom stereocenters. The SMILES string of the molecule is C=C/C(=C\C=C(/C)C(=O)N1CCN(c2cc(C)c(OC(=O)Nc3cccc4c3CN(C3CCC(=O)NC3=O)C4=O)c(C)c2)CC1)N(C(=N)C(=O)NCC)C(=N)c1cc(C(C)C)c(O)cc1O. The fraction of sp³-hybridized carbons (Fsp3) is 0.333. The first-order chi connectivity index (χ1) is 31.3. The van der Waals surface area contributed by atoms with Crippen LogP contribution in [-0.2, 0) is 25.7 Å². The van der Waals surface area contributed by atoms with Gasteiger partial charge in [-0.15, -0.1) is 0 Å². The fourth-order valence-corrected chi connectivity index (χ4v) is 8.22. The number of aromatic hydroxyl groups is 2. The number of piperidine rings is 1. The van der Waals surface area contributed by atoms with E-state index in [1.54, 1.807) is 36.9 Å². The lowest BCUT2D eigenvalue weighted by molar-refractivity contribution is -0.137. The number of fused-ring (bicyclic) bond motifs is 1. The number of carbonyl (C=O) groups is 6. The van der Waals surface area contributed by atoms with Crippen LogP contribution in [0, 0.1) is 24.7 Å². The van der Waals surface area contributed by atoms with E-state index < -0.39 is 41.4 Å². The van der Waals surface area contributed by atoms with Crippen molar-refractivity contribution in [2.24, 2.45) is 0 Å². The number of phenols is 2. The van der Waals surface area contributed by atoms with Crippen LogP contribution in [0.4, 0.5) is 16.2 Å². The zero-order valence-corrected chi connectivity index (χ0v) is 37.8. The van der Waals surface area contributed by atoms with Crippen LogP contribution in [0.3, 0.4) is 0 Å². The molecule has 3 aromatic carbocycles. The number of nitrogens with zero attached hydrogens (tertiary/aromatic N) is 4. The molecule has 18 nitrogen and oxygen atoms in total. The molecule has 3 aliphatic rings. The molecule has 3 aromatic rings. The van der Waals surface area contributed by atoms with Gasteiger partial charge in [0.25, 0.3) is 11.8 Å². The van der Waals surface area contributed by atoms with Crippen LogP contribution in [0.2, 0.25) is 0 Å². The molecular formula is C48H55N9O9. The lowest BCUT2D eigenvalue weighted by Gasteiger charge is -2.36. The Morgan fingerprint density at radius 3 is 2.30 bits per heavy atom. The van der Waals surface area contributed by atoms with Gasteiger partial charge in [-0.3, -0.25) is 50.3 Å². The predicted octanol–water partition coefficient (Wildman–Crippen LogP) is 5.32. The van der Waals surface area contributed by atoms with Gasteiger partial charge < -0.3 is 35.0 Å². The average Bonchev–Trinajstić information content (AvgIpc) is 3.61. The number of likely N-dealkylation sites (N-methyl/N-ethyl adjacent to an activating group) is 1. The highest BCUT2D eigenvalue weighted by Gasteiger charge is 2.40.